The van der Waals surface area contributed by atoms with E-state index in [9.17, 15) is 14.4 Å². The minimum Gasteiger partial charge on any atom is -0.461 e. The minimum atomic E-state index is -0.440. The Hall–Kier alpha value is -3.20. The molecule has 1 fully saturated rings. The second-order valence-electron chi connectivity index (χ2n) is 10.9. The van der Waals surface area contributed by atoms with Crippen LogP contribution >= 0.6 is 0 Å². The second-order valence-corrected chi connectivity index (χ2v) is 10.9. The molecule has 3 heterocycles. The van der Waals surface area contributed by atoms with Crippen molar-refractivity contribution in [2.45, 2.75) is 59.9 Å². The molecule has 1 spiro atoms. The van der Waals surface area contributed by atoms with E-state index >= 15 is 0 Å². The molecule has 2 aliphatic heterocycles. The third-order valence-electron chi connectivity index (χ3n) is 7.30. The Balaban J connectivity index is 1.47. The van der Waals surface area contributed by atoms with Crippen LogP contribution < -0.4 is 10.6 Å². The van der Waals surface area contributed by atoms with Crippen LogP contribution in [0.15, 0.2) is 24.3 Å². The maximum absolute atomic E-state index is 13.1. The van der Waals surface area contributed by atoms with Gasteiger partial charge in [0.05, 0.1) is 29.1 Å². The normalized spacial score (nSPS) is 17.0. The van der Waals surface area contributed by atoms with Gasteiger partial charge in [-0.3, -0.25) is 14.3 Å². The van der Waals surface area contributed by atoms with Gasteiger partial charge in [0.2, 0.25) is 0 Å². The van der Waals surface area contributed by atoms with Crippen molar-refractivity contribution >= 4 is 17.8 Å². The van der Waals surface area contributed by atoms with E-state index in [-0.39, 0.29) is 23.8 Å². The third kappa shape index (κ3) is 6.04. The molecule has 0 aliphatic carbocycles. The summed E-state index contributed by atoms with van der Waals surface area (Å²) in [6, 6.07) is 6.45. The Morgan fingerprint density at radius 1 is 1.16 bits per heavy atom. The molecular formula is C28H38N4O5. The molecule has 0 bridgehead atoms. The average Bonchev–Trinajstić information content (AvgIpc) is 3.15. The molecule has 1 aromatic heterocycles. The van der Waals surface area contributed by atoms with Crippen LogP contribution in [0.2, 0.25) is 0 Å². The molecule has 2 N–H and O–H groups in total. The molecule has 0 unspecified atom stereocenters. The number of nitrogens with one attached hydrogen (secondary N) is 2. The first-order valence-electron chi connectivity index (χ1n) is 13.2. The lowest BCUT2D eigenvalue weighted by Crippen LogP contribution is -2.41. The first kappa shape index (κ1) is 26.9. The van der Waals surface area contributed by atoms with E-state index in [0.29, 0.717) is 56.0 Å². The standard InChI is InChI=1S/C28H38N4O5/c1-5-21-23-22(15-28(16-30-25(23)34)11-13-36-14-12-28)32(31-21)17-27(3,4)18-37-26(35)20-9-7-19(8-10-20)24(33)29-6-2/h7-10H,5-6,11-18H2,1-4H3,(H,29,33)(H,30,34). The number of benzene rings is 1. The Morgan fingerprint density at radius 3 is 2.49 bits per heavy atom. The number of ether oxygens (including phenoxy) is 2. The number of hydrogen-bond donors (Lipinski definition) is 2. The van der Waals surface area contributed by atoms with E-state index in [1.54, 1.807) is 24.3 Å². The maximum atomic E-state index is 13.1. The molecule has 200 valence electrons. The summed E-state index contributed by atoms with van der Waals surface area (Å²) in [6.45, 7) is 11.2. The molecule has 2 amide bonds. The summed E-state index contributed by atoms with van der Waals surface area (Å²) >= 11 is 0. The zero-order chi connectivity index (χ0) is 26.6. The summed E-state index contributed by atoms with van der Waals surface area (Å²) in [5.74, 6) is -0.670. The van der Waals surface area contributed by atoms with Crippen LogP contribution in [0.25, 0.3) is 0 Å². The Morgan fingerprint density at radius 2 is 1.84 bits per heavy atom. The van der Waals surface area contributed by atoms with Crippen LogP contribution in [0.1, 0.15) is 83.0 Å². The van der Waals surface area contributed by atoms with Gasteiger partial charge in [0.1, 0.15) is 0 Å². The number of carbonyl (C=O) groups is 3. The van der Waals surface area contributed by atoms with Crippen molar-refractivity contribution in [2.24, 2.45) is 10.8 Å². The van der Waals surface area contributed by atoms with Crippen molar-refractivity contribution in [2.75, 3.05) is 32.9 Å². The average molecular weight is 511 g/mol. The molecule has 1 aromatic carbocycles. The molecule has 9 heteroatoms. The van der Waals surface area contributed by atoms with Gasteiger partial charge in [-0.2, -0.15) is 5.10 Å². The lowest BCUT2D eigenvalue weighted by Gasteiger charge is -2.36. The molecule has 1 saturated heterocycles. The minimum absolute atomic E-state index is 0.0290. The van der Waals surface area contributed by atoms with Crippen molar-refractivity contribution in [1.82, 2.24) is 20.4 Å². The number of hydrogen-bond acceptors (Lipinski definition) is 6. The quantitative estimate of drug-likeness (QED) is 0.528. The smallest absolute Gasteiger partial charge is 0.338 e. The Bertz CT molecular complexity index is 1150. The Kier molecular flexibility index (Phi) is 8.02. The Labute approximate surface area is 218 Å². The second kappa shape index (κ2) is 11.0. The summed E-state index contributed by atoms with van der Waals surface area (Å²) in [7, 11) is 0. The number of amides is 2. The van der Waals surface area contributed by atoms with Gasteiger partial charge in [-0.15, -0.1) is 0 Å². The zero-order valence-corrected chi connectivity index (χ0v) is 22.3. The van der Waals surface area contributed by atoms with Crippen LogP contribution in [0.3, 0.4) is 0 Å². The van der Waals surface area contributed by atoms with Gasteiger partial charge in [-0.05, 0) is 62.3 Å². The van der Waals surface area contributed by atoms with Crippen LogP contribution in [0.4, 0.5) is 0 Å². The molecule has 37 heavy (non-hydrogen) atoms. The van der Waals surface area contributed by atoms with E-state index in [1.165, 1.54) is 0 Å². The SMILES string of the molecule is CCNC(=O)c1ccc(C(=O)OCC(C)(C)Cn2nc(CC)c3c2CC2(CCOCC2)CNC3=O)cc1. The summed E-state index contributed by atoms with van der Waals surface area (Å²) in [6.07, 6.45) is 3.24. The van der Waals surface area contributed by atoms with Gasteiger partial charge in [-0.25, -0.2) is 4.79 Å². The van der Waals surface area contributed by atoms with Crippen molar-refractivity contribution < 1.29 is 23.9 Å². The predicted octanol–water partition coefficient (Wildman–Crippen LogP) is 3.16. The monoisotopic (exact) mass is 510 g/mol. The van der Waals surface area contributed by atoms with Gasteiger partial charge in [0, 0.05) is 43.8 Å². The summed E-state index contributed by atoms with van der Waals surface area (Å²) < 4.78 is 13.2. The zero-order valence-electron chi connectivity index (χ0n) is 22.3. The predicted molar refractivity (Wildman–Crippen MR) is 139 cm³/mol. The van der Waals surface area contributed by atoms with Gasteiger partial charge >= 0.3 is 5.97 Å². The van der Waals surface area contributed by atoms with Gasteiger partial charge in [-0.1, -0.05) is 20.8 Å². The van der Waals surface area contributed by atoms with Gasteiger partial charge in [0.15, 0.2) is 0 Å². The molecule has 0 saturated carbocycles. The molecule has 0 atom stereocenters. The van der Waals surface area contributed by atoms with Crippen LogP contribution in [-0.4, -0.2) is 60.5 Å². The molecule has 4 rings (SSSR count). The maximum Gasteiger partial charge on any atom is 0.338 e. The van der Waals surface area contributed by atoms with E-state index in [0.717, 1.165) is 30.7 Å². The van der Waals surface area contributed by atoms with E-state index in [2.05, 4.69) is 10.6 Å². The fourth-order valence-electron chi connectivity index (χ4n) is 5.12. The first-order valence-corrected chi connectivity index (χ1v) is 13.2. The number of aryl methyl sites for hydroxylation is 1. The number of carbonyl (C=O) groups excluding carboxylic acids is 3. The first-order chi connectivity index (χ1) is 17.7. The molecular weight excluding hydrogens is 472 g/mol. The topological polar surface area (TPSA) is 112 Å². The summed E-state index contributed by atoms with van der Waals surface area (Å²) in [5, 5.41) is 10.7. The van der Waals surface area contributed by atoms with E-state index in [4.69, 9.17) is 14.6 Å². The molecule has 2 aliphatic rings. The largest absolute Gasteiger partial charge is 0.461 e. The van der Waals surface area contributed by atoms with Crippen molar-refractivity contribution in [3.05, 3.63) is 52.3 Å². The lowest BCUT2D eigenvalue weighted by atomic mass is 9.76. The van der Waals surface area contributed by atoms with Crippen molar-refractivity contribution in [3.8, 4) is 0 Å². The number of nitrogens with zero attached hydrogens (tertiary/aromatic N) is 2. The molecule has 9 nitrogen and oxygen atoms in total. The van der Waals surface area contributed by atoms with E-state index < -0.39 is 11.4 Å². The lowest BCUT2D eigenvalue weighted by molar-refractivity contribution is 0.0145. The number of aromatic nitrogens is 2. The van der Waals surface area contributed by atoms with Crippen molar-refractivity contribution in [1.29, 1.82) is 0 Å². The van der Waals surface area contributed by atoms with Crippen molar-refractivity contribution in [3.63, 3.8) is 0 Å². The fraction of sp³-hybridized carbons (Fsp3) is 0.571. The van der Waals surface area contributed by atoms with E-state index in [1.807, 2.05) is 32.4 Å². The van der Waals surface area contributed by atoms with Crippen LogP contribution in [0, 0.1) is 10.8 Å². The number of rotatable bonds is 8. The van der Waals surface area contributed by atoms with Gasteiger partial charge < -0.3 is 20.1 Å². The summed E-state index contributed by atoms with van der Waals surface area (Å²) in [5.41, 5.74) is 2.90. The highest BCUT2D eigenvalue weighted by molar-refractivity contribution is 5.97. The van der Waals surface area contributed by atoms with Crippen LogP contribution in [-0.2, 0) is 28.9 Å². The fourth-order valence-corrected chi connectivity index (χ4v) is 5.12. The van der Waals surface area contributed by atoms with Gasteiger partial charge in [0.25, 0.3) is 11.8 Å². The number of esters is 1. The highest BCUT2D eigenvalue weighted by atomic mass is 16.5. The van der Waals surface area contributed by atoms with Crippen LogP contribution in [0.5, 0.6) is 0 Å². The summed E-state index contributed by atoms with van der Waals surface area (Å²) in [4.78, 5) is 37.7. The third-order valence-corrected chi connectivity index (χ3v) is 7.30. The highest BCUT2D eigenvalue weighted by Crippen LogP contribution is 2.38. The molecule has 0 radical (unpaired) electrons. The molecule has 2 aromatic rings. The number of fused-ring (bicyclic) bond motifs is 1. The highest BCUT2D eigenvalue weighted by Gasteiger charge is 2.40.